The van der Waals surface area contributed by atoms with Gasteiger partial charge in [-0.2, -0.15) is 13.2 Å². The molecule has 3 N–H and O–H groups in total. The van der Waals surface area contributed by atoms with Crippen LogP contribution in [0.2, 0.25) is 0 Å². The van der Waals surface area contributed by atoms with Crippen molar-refractivity contribution in [2.24, 2.45) is 0 Å². The average Bonchev–Trinajstić information content (AvgIpc) is 2.44. The third-order valence-corrected chi connectivity index (χ3v) is 2.36. The first-order valence-electron chi connectivity index (χ1n) is 6.44. The Morgan fingerprint density at radius 3 is 2.52 bits per heavy atom. The summed E-state index contributed by atoms with van der Waals surface area (Å²) < 4.78 is 41.8. The molecule has 0 saturated heterocycles. The van der Waals surface area contributed by atoms with E-state index < -0.39 is 17.8 Å². The van der Waals surface area contributed by atoms with Crippen LogP contribution in [0, 0.1) is 12.3 Å². The van der Waals surface area contributed by atoms with Crippen LogP contribution in [0.15, 0.2) is 21.3 Å². The third kappa shape index (κ3) is 8.53. The fourth-order valence-corrected chi connectivity index (χ4v) is 1.37. The van der Waals surface area contributed by atoms with E-state index in [-0.39, 0.29) is 12.6 Å². The van der Waals surface area contributed by atoms with Gasteiger partial charge in [-0.1, -0.05) is 19.3 Å². The smallest absolute Gasteiger partial charge is 0.430 e. The average molecular weight is 335 g/mol. The van der Waals surface area contributed by atoms with Crippen LogP contribution in [0.25, 0.3) is 0 Å². The normalized spacial score (nSPS) is 11.7. The van der Waals surface area contributed by atoms with Gasteiger partial charge in [-0.15, -0.1) is 6.42 Å². The van der Waals surface area contributed by atoms with Crippen LogP contribution in [0.1, 0.15) is 31.6 Å². The van der Waals surface area contributed by atoms with Crippen molar-refractivity contribution in [3.63, 3.8) is 0 Å². The van der Waals surface area contributed by atoms with E-state index in [2.05, 4.69) is 18.6 Å². The summed E-state index contributed by atoms with van der Waals surface area (Å²) in [4.78, 5) is 20.0. The molecule has 0 fully saturated rings. The van der Waals surface area contributed by atoms with Crippen molar-refractivity contribution in [2.75, 3.05) is 6.61 Å². The van der Waals surface area contributed by atoms with Crippen molar-refractivity contribution < 1.29 is 38.0 Å². The van der Waals surface area contributed by atoms with Crippen molar-refractivity contribution in [1.29, 1.82) is 0 Å². The molecule has 0 bridgehead atoms. The Kier molecular flexibility index (Phi) is 8.50. The highest BCUT2D eigenvalue weighted by Crippen LogP contribution is 2.17. The molecule has 23 heavy (non-hydrogen) atoms. The van der Waals surface area contributed by atoms with Crippen LogP contribution in [-0.4, -0.2) is 18.8 Å². The van der Waals surface area contributed by atoms with Crippen molar-refractivity contribution >= 4 is 5.97 Å². The predicted molar refractivity (Wildman–Crippen MR) is 70.9 cm³/mol. The molecule has 1 aromatic heterocycles. The van der Waals surface area contributed by atoms with E-state index in [4.69, 9.17) is 25.5 Å². The first kappa shape index (κ1) is 20.5. The molecule has 6 nitrogen and oxygen atoms in total. The lowest BCUT2D eigenvalue weighted by Crippen LogP contribution is -2.53. The maximum Gasteiger partial charge on any atom is 0.430 e. The van der Waals surface area contributed by atoms with E-state index in [1.54, 1.807) is 6.07 Å². The molecule has 0 unspecified atom stereocenters. The van der Waals surface area contributed by atoms with Gasteiger partial charge in [0, 0.05) is 12.5 Å². The number of carboxylic acid groups (broad SMARTS) is 1. The van der Waals surface area contributed by atoms with Gasteiger partial charge < -0.3 is 24.8 Å². The first-order valence-corrected chi connectivity index (χ1v) is 6.44. The first-order chi connectivity index (χ1) is 10.6. The lowest BCUT2D eigenvalue weighted by atomic mass is 10.1. The van der Waals surface area contributed by atoms with Crippen LogP contribution in [0.4, 0.5) is 13.2 Å². The van der Waals surface area contributed by atoms with Gasteiger partial charge in [0.15, 0.2) is 5.76 Å². The molecule has 9 heteroatoms. The number of carbonyl (C=O) groups excluding carboxylic acids is 1. The number of hydrogen-bond donors (Lipinski definition) is 1. The van der Waals surface area contributed by atoms with E-state index in [0.717, 1.165) is 12.8 Å². The zero-order valence-electron chi connectivity index (χ0n) is 12.3. The number of quaternary nitrogens is 1. The molecule has 0 aromatic carbocycles. The van der Waals surface area contributed by atoms with Crippen molar-refractivity contribution in [3.05, 3.63) is 28.3 Å². The van der Waals surface area contributed by atoms with Crippen LogP contribution < -0.4 is 21.2 Å². The Labute approximate surface area is 130 Å². The summed E-state index contributed by atoms with van der Waals surface area (Å²) in [5.41, 5.74) is 3.50. The molecular formula is C14H16F3NO5. The topological polar surface area (TPSA) is 107 Å². The summed E-state index contributed by atoms with van der Waals surface area (Å²) in [6.07, 6.45) is 1.72. The number of carbonyl (C=O) groups is 1. The third-order valence-electron chi connectivity index (χ3n) is 2.36. The lowest BCUT2D eigenvalue weighted by molar-refractivity contribution is -0.432. The van der Waals surface area contributed by atoms with Gasteiger partial charge in [0.1, 0.15) is 24.4 Å². The quantitative estimate of drug-likeness (QED) is 0.764. The van der Waals surface area contributed by atoms with Gasteiger partial charge in [0.05, 0.1) is 6.07 Å². The Bertz CT molecular complexity index is 604. The van der Waals surface area contributed by atoms with Gasteiger partial charge in [0.2, 0.25) is 0 Å². The molecular weight excluding hydrogens is 319 g/mol. The van der Waals surface area contributed by atoms with Crippen LogP contribution >= 0.6 is 0 Å². The Morgan fingerprint density at radius 2 is 2.09 bits per heavy atom. The highest BCUT2D eigenvalue weighted by atomic mass is 19.4. The molecule has 0 aliphatic rings. The zero-order valence-corrected chi connectivity index (χ0v) is 12.3. The highest BCUT2D eigenvalue weighted by Gasteiger charge is 2.28. The summed E-state index contributed by atoms with van der Waals surface area (Å²) >= 11 is 0. The zero-order chi connectivity index (χ0) is 18.0. The summed E-state index contributed by atoms with van der Waals surface area (Å²) in [5, 5.41) is 8.78. The minimum atomic E-state index is -5.19. The maximum atomic E-state index is 11.3. The molecule has 0 aliphatic carbocycles. The van der Waals surface area contributed by atoms with E-state index in [0.29, 0.717) is 11.5 Å². The Hall–Kier alpha value is -2.47. The molecule has 0 amide bonds. The number of rotatable bonds is 5. The van der Waals surface area contributed by atoms with Gasteiger partial charge in [0.25, 0.3) is 0 Å². The molecule has 1 atom stereocenters. The van der Waals surface area contributed by atoms with Crippen molar-refractivity contribution in [2.45, 2.75) is 32.0 Å². The summed E-state index contributed by atoms with van der Waals surface area (Å²) in [7, 11) is 0. The molecule has 1 heterocycles. The second kappa shape index (κ2) is 9.53. The second-order valence-corrected chi connectivity index (χ2v) is 4.28. The monoisotopic (exact) mass is 335 g/mol. The number of alkyl halides is 3. The standard InChI is InChI=1S/C12H15NO3.C2HF3O2/c1-3-5-10(13)11-7-9(15-6-4-2)8-12(14)16-11;3-2(4,5)1(6)7/h2,7-8,10H,3,5-6,13H2,1H3;(H,6,7)/t10-;/m1./s1. The van der Waals surface area contributed by atoms with Gasteiger partial charge in [-0.05, 0) is 0 Å². The van der Waals surface area contributed by atoms with E-state index in [1.807, 2.05) is 0 Å². The largest absolute Gasteiger partial charge is 0.542 e. The maximum absolute atomic E-state index is 11.3. The number of ether oxygens (including phenoxy) is 1. The second-order valence-electron chi connectivity index (χ2n) is 4.28. The van der Waals surface area contributed by atoms with Crippen molar-refractivity contribution in [1.82, 2.24) is 0 Å². The van der Waals surface area contributed by atoms with Crippen LogP contribution in [-0.2, 0) is 4.79 Å². The fraction of sp³-hybridized carbons (Fsp3) is 0.429. The number of carboxylic acids is 1. The van der Waals surface area contributed by atoms with E-state index in [1.165, 1.54) is 6.07 Å². The predicted octanol–water partition coefficient (Wildman–Crippen LogP) is 0.0335. The minimum Gasteiger partial charge on any atom is -0.542 e. The van der Waals surface area contributed by atoms with Crippen LogP contribution in [0.5, 0.6) is 5.75 Å². The number of hydrogen-bond acceptors (Lipinski definition) is 5. The number of aliphatic carboxylic acids is 1. The molecule has 0 saturated carbocycles. The summed E-state index contributed by atoms with van der Waals surface area (Å²) in [6.45, 7) is 2.19. The number of terminal acetylenes is 1. The summed E-state index contributed by atoms with van der Waals surface area (Å²) in [6, 6.07) is 2.91. The van der Waals surface area contributed by atoms with E-state index in [9.17, 15) is 18.0 Å². The van der Waals surface area contributed by atoms with Gasteiger partial charge >= 0.3 is 11.8 Å². The Balaban J connectivity index is 0.000000585. The van der Waals surface area contributed by atoms with Crippen molar-refractivity contribution in [3.8, 4) is 18.1 Å². The highest BCUT2D eigenvalue weighted by molar-refractivity contribution is 5.70. The lowest BCUT2D eigenvalue weighted by Gasteiger charge is -2.07. The minimum absolute atomic E-state index is 0.0351. The van der Waals surface area contributed by atoms with Gasteiger partial charge in [-0.25, -0.2) is 4.79 Å². The number of halogens is 3. The SMILES string of the molecule is C#CCOc1cc([C@H]([NH3+])CCC)oc(=O)c1.O=C([O-])C(F)(F)F. The van der Waals surface area contributed by atoms with Gasteiger partial charge in [-0.3, -0.25) is 0 Å². The molecule has 0 spiro atoms. The molecule has 0 aliphatic heterocycles. The molecule has 1 aromatic rings. The molecule has 0 radical (unpaired) electrons. The van der Waals surface area contributed by atoms with E-state index >= 15 is 0 Å². The van der Waals surface area contributed by atoms with Crippen LogP contribution in [0.3, 0.4) is 0 Å². The summed E-state index contributed by atoms with van der Waals surface area (Å²) in [5.74, 6) is 0.314. The molecule has 1 rings (SSSR count). The molecule has 128 valence electrons. The Morgan fingerprint density at radius 1 is 1.52 bits per heavy atom. The fourth-order valence-electron chi connectivity index (χ4n) is 1.37.